The summed E-state index contributed by atoms with van der Waals surface area (Å²) in [4.78, 5) is 13.6. The summed E-state index contributed by atoms with van der Waals surface area (Å²) < 4.78 is 18.4. The normalized spacial score (nSPS) is 16.8. The zero-order valence-electron chi connectivity index (χ0n) is 12.9. The summed E-state index contributed by atoms with van der Waals surface area (Å²) in [6.45, 7) is 4.28. The van der Waals surface area contributed by atoms with Crippen LogP contribution >= 0.6 is 11.6 Å². The minimum atomic E-state index is -0.739. The van der Waals surface area contributed by atoms with E-state index in [4.69, 9.17) is 32.6 Å². The van der Waals surface area contributed by atoms with E-state index >= 15 is 0 Å². The highest BCUT2D eigenvalue weighted by Crippen LogP contribution is 2.25. The molecular formula is C14H19ClFN5O2. The Morgan fingerprint density at radius 3 is 2.70 bits per heavy atom. The molecule has 0 aliphatic carbocycles. The second-order valence-electron chi connectivity index (χ2n) is 5.34. The fraction of sp³-hybridized carbons (Fsp3) is 0.429. The lowest BCUT2D eigenvalue weighted by Gasteiger charge is -2.36. The van der Waals surface area contributed by atoms with Crippen LogP contribution in [0.15, 0.2) is 28.2 Å². The predicted molar refractivity (Wildman–Crippen MR) is 86.6 cm³/mol. The van der Waals surface area contributed by atoms with E-state index in [1.807, 2.05) is 0 Å². The van der Waals surface area contributed by atoms with Gasteiger partial charge in [-0.1, -0.05) is 11.6 Å². The Balaban J connectivity index is 1.78. The SMILES string of the molecule is CC1(C)N=C(N)N=C(N)N1OCCCOc1ccc(F)cc1Cl. The summed E-state index contributed by atoms with van der Waals surface area (Å²) in [7, 11) is 0. The molecule has 0 radical (unpaired) electrons. The van der Waals surface area contributed by atoms with Crippen molar-refractivity contribution < 1.29 is 14.0 Å². The molecule has 23 heavy (non-hydrogen) atoms. The Bertz CT molecular complexity index is 636. The van der Waals surface area contributed by atoms with Crippen molar-refractivity contribution >= 4 is 23.5 Å². The quantitative estimate of drug-likeness (QED) is 0.768. The molecule has 0 atom stereocenters. The topological polar surface area (TPSA) is 98.5 Å². The number of nitrogens with zero attached hydrogens (tertiary/aromatic N) is 3. The van der Waals surface area contributed by atoms with Crippen molar-refractivity contribution in [1.82, 2.24) is 5.06 Å². The molecule has 1 aromatic carbocycles. The minimum Gasteiger partial charge on any atom is -0.492 e. The molecule has 0 spiro atoms. The van der Waals surface area contributed by atoms with Gasteiger partial charge in [0.15, 0.2) is 5.66 Å². The molecule has 4 N–H and O–H groups in total. The van der Waals surface area contributed by atoms with Crippen molar-refractivity contribution in [1.29, 1.82) is 0 Å². The van der Waals surface area contributed by atoms with Gasteiger partial charge in [-0.05, 0) is 32.0 Å². The predicted octanol–water partition coefficient (Wildman–Crippen LogP) is 1.86. The third kappa shape index (κ3) is 4.46. The number of hydroxylamine groups is 2. The number of guanidine groups is 2. The van der Waals surface area contributed by atoms with Crippen LogP contribution in [0.2, 0.25) is 5.02 Å². The molecule has 1 aliphatic rings. The lowest BCUT2D eigenvalue weighted by atomic mass is 10.2. The molecule has 9 heteroatoms. The number of nitrogens with two attached hydrogens (primary N) is 2. The summed E-state index contributed by atoms with van der Waals surface area (Å²) in [5, 5.41) is 1.62. The standard InChI is InChI=1S/C14H19ClFN5O2/c1-14(2)20-12(17)19-13(18)21(14)23-7-3-6-22-11-5-4-9(16)8-10(11)15/h4-5,8H,3,6-7H2,1-2H3,(H4,17,18,19,20). The van der Waals surface area contributed by atoms with E-state index in [0.29, 0.717) is 25.4 Å². The molecular weight excluding hydrogens is 325 g/mol. The Morgan fingerprint density at radius 1 is 1.30 bits per heavy atom. The van der Waals surface area contributed by atoms with Crippen LogP contribution in [-0.4, -0.2) is 35.9 Å². The number of rotatable bonds is 6. The van der Waals surface area contributed by atoms with Gasteiger partial charge in [-0.25, -0.2) is 9.38 Å². The lowest BCUT2D eigenvalue weighted by Crippen LogP contribution is -2.53. The van der Waals surface area contributed by atoms with E-state index in [-0.39, 0.29) is 16.9 Å². The Morgan fingerprint density at radius 2 is 2.04 bits per heavy atom. The number of hydrogen-bond acceptors (Lipinski definition) is 7. The fourth-order valence-corrected chi connectivity index (χ4v) is 2.23. The van der Waals surface area contributed by atoms with Crippen molar-refractivity contribution in [2.24, 2.45) is 21.5 Å². The lowest BCUT2D eigenvalue weighted by molar-refractivity contribution is -0.158. The van der Waals surface area contributed by atoms with Crippen molar-refractivity contribution in [2.45, 2.75) is 25.9 Å². The van der Waals surface area contributed by atoms with Crippen molar-refractivity contribution in [3.8, 4) is 5.75 Å². The van der Waals surface area contributed by atoms with Crippen LogP contribution in [0.1, 0.15) is 20.3 Å². The Hall–Kier alpha value is -2.06. The van der Waals surface area contributed by atoms with Crippen LogP contribution in [-0.2, 0) is 4.84 Å². The summed E-state index contributed by atoms with van der Waals surface area (Å²) in [6.07, 6.45) is 0.562. The van der Waals surface area contributed by atoms with Gasteiger partial charge >= 0.3 is 0 Å². The smallest absolute Gasteiger partial charge is 0.226 e. The molecule has 1 aliphatic heterocycles. The molecule has 0 amide bonds. The molecule has 0 aromatic heterocycles. The van der Waals surface area contributed by atoms with Gasteiger partial charge in [0, 0.05) is 6.42 Å². The molecule has 2 rings (SSSR count). The first-order chi connectivity index (χ1) is 10.8. The van der Waals surface area contributed by atoms with Gasteiger partial charge in [0.25, 0.3) is 0 Å². The fourth-order valence-electron chi connectivity index (χ4n) is 2.01. The van der Waals surface area contributed by atoms with Crippen molar-refractivity contribution in [2.75, 3.05) is 13.2 Å². The first-order valence-corrected chi connectivity index (χ1v) is 7.38. The molecule has 1 aromatic rings. The second-order valence-corrected chi connectivity index (χ2v) is 5.75. The van der Waals surface area contributed by atoms with E-state index in [0.717, 1.165) is 0 Å². The highest BCUT2D eigenvalue weighted by Gasteiger charge is 2.32. The third-order valence-corrected chi connectivity index (χ3v) is 3.28. The van der Waals surface area contributed by atoms with Gasteiger partial charge in [-0.3, -0.25) is 4.84 Å². The summed E-state index contributed by atoms with van der Waals surface area (Å²) in [6, 6.07) is 3.96. The second kappa shape index (κ2) is 7.01. The molecule has 7 nitrogen and oxygen atoms in total. The van der Waals surface area contributed by atoms with E-state index in [9.17, 15) is 4.39 Å². The number of aliphatic imine (C=N–C) groups is 2. The maximum atomic E-state index is 12.9. The van der Waals surface area contributed by atoms with Crippen LogP contribution in [0.3, 0.4) is 0 Å². The summed E-state index contributed by atoms with van der Waals surface area (Å²) in [5.41, 5.74) is 10.6. The van der Waals surface area contributed by atoms with Crippen LogP contribution in [0.25, 0.3) is 0 Å². The van der Waals surface area contributed by atoms with Gasteiger partial charge in [-0.15, -0.1) is 0 Å². The first kappa shape index (κ1) is 17.3. The molecule has 0 bridgehead atoms. The molecule has 0 unspecified atom stereocenters. The van der Waals surface area contributed by atoms with Crippen LogP contribution in [0, 0.1) is 5.82 Å². The van der Waals surface area contributed by atoms with Crippen LogP contribution in [0.4, 0.5) is 4.39 Å². The van der Waals surface area contributed by atoms with Gasteiger partial charge < -0.3 is 16.2 Å². The number of benzene rings is 1. The monoisotopic (exact) mass is 343 g/mol. The zero-order chi connectivity index (χ0) is 17.0. The molecule has 0 saturated carbocycles. The average molecular weight is 344 g/mol. The molecule has 0 fully saturated rings. The van der Waals surface area contributed by atoms with Crippen molar-refractivity contribution in [3.05, 3.63) is 29.0 Å². The third-order valence-electron chi connectivity index (χ3n) is 2.98. The van der Waals surface area contributed by atoms with E-state index in [1.165, 1.54) is 23.3 Å². The van der Waals surface area contributed by atoms with Gasteiger partial charge in [-0.2, -0.15) is 10.1 Å². The maximum absolute atomic E-state index is 12.9. The van der Waals surface area contributed by atoms with Crippen molar-refractivity contribution in [3.63, 3.8) is 0 Å². The first-order valence-electron chi connectivity index (χ1n) is 7.00. The Kier molecular flexibility index (Phi) is 5.27. The maximum Gasteiger partial charge on any atom is 0.226 e. The molecule has 126 valence electrons. The van der Waals surface area contributed by atoms with E-state index in [1.54, 1.807) is 13.8 Å². The Labute approximate surface area is 138 Å². The van der Waals surface area contributed by atoms with Crippen LogP contribution in [0.5, 0.6) is 5.75 Å². The van der Waals surface area contributed by atoms with E-state index in [2.05, 4.69) is 9.98 Å². The highest BCUT2D eigenvalue weighted by molar-refractivity contribution is 6.32. The largest absolute Gasteiger partial charge is 0.492 e. The summed E-state index contributed by atoms with van der Waals surface area (Å²) in [5.74, 6) is 0.268. The minimum absolute atomic E-state index is 0.113. The number of hydrogen-bond donors (Lipinski definition) is 2. The van der Waals surface area contributed by atoms with Gasteiger partial charge in [0.2, 0.25) is 11.9 Å². The van der Waals surface area contributed by atoms with E-state index < -0.39 is 11.5 Å². The molecule has 1 heterocycles. The molecule has 0 saturated heterocycles. The summed E-state index contributed by atoms with van der Waals surface area (Å²) >= 11 is 5.87. The van der Waals surface area contributed by atoms with Crippen LogP contribution < -0.4 is 16.2 Å². The van der Waals surface area contributed by atoms with Gasteiger partial charge in [0.05, 0.1) is 18.2 Å². The average Bonchev–Trinajstić information content (AvgIpc) is 2.42. The zero-order valence-corrected chi connectivity index (χ0v) is 13.7. The number of halogens is 2. The van der Waals surface area contributed by atoms with Gasteiger partial charge in [0.1, 0.15) is 11.6 Å². The number of ether oxygens (including phenoxy) is 1. The highest BCUT2D eigenvalue weighted by atomic mass is 35.5.